The van der Waals surface area contributed by atoms with E-state index in [9.17, 15) is 18.0 Å². The molecule has 0 saturated carbocycles. The SMILES string of the molecule is Cc1cc(C(F)(F)F)c2c(N)c(C(=O)NCC(C)C)sc2n1. The number of halogens is 3. The van der Waals surface area contributed by atoms with Crippen LogP contribution in [0.15, 0.2) is 6.07 Å². The van der Waals surface area contributed by atoms with Crippen LogP contribution < -0.4 is 11.1 Å². The topological polar surface area (TPSA) is 68.0 Å². The molecule has 0 fully saturated rings. The second kappa shape index (κ2) is 5.75. The van der Waals surface area contributed by atoms with Crippen molar-refractivity contribution in [3.05, 3.63) is 22.2 Å². The summed E-state index contributed by atoms with van der Waals surface area (Å²) in [6, 6.07) is 0.946. The van der Waals surface area contributed by atoms with Crippen molar-refractivity contribution >= 4 is 33.1 Å². The second-order valence-corrected chi connectivity index (χ2v) is 6.44. The standard InChI is InChI=1S/C14H16F3N3OS/c1-6(2)5-19-12(21)11-10(18)9-8(14(15,16)17)4-7(3)20-13(9)22-11/h4,6H,5,18H2,1-3H3,(H,19,21). The van der Waals surface area contributed by atoms with Crippen LogP contribution in [0, 0.1) is 12.8 Å². The van der Waals surface area contributed by atoms with Gasteiger partial charge in [-0.1, -0.05) is 13.8 Å². The monoisotopic (exact) mass is 331 g/mol. The number of aromatic nitrogens is 1. The van der Waals surface area contributed by atoms with Gasteiger partial charge in [-0.05, 0) is 18.9 Å². The highest BCUT2D eigenvalue weighted by atomic mass is 32.1. The second-order valence-electron chi connectivity index (χ2n) is 5.44. The highest BCUT2D eigenvalue weighted by molar-refractivity contribution is 7.21. The number of thiophene rings is 1. The summed E-state index contributed by atoms with van der Waals surface area (Å²) >= 11 is 0.880. The molecule has 0 bridgehead atoms. The predicted octanol–water partition coefficient (Wildman–Crippen LogP) is 3.59. The average Bonchev–Trinajstić information content (AvgIpc) is 2.71. The molecule has 120 valence electrons. The van der Waals surface area contributed by atoms with Crippen molar-refractivity contribution in [2.24, 2.45) is 5.92 Å². The van der Waals surface area contributed by atoms with Gasteiger partial charge in [-0.15, -0.1) is 11.3 Å². The molecule has 2 heterocycles. The number of aryl methyl sites for hydroxylation is 1. The van der Waals surface area contributed by atoms with Crippen LogP contribution in [0.4, 0.5) is 18.9 Å². The number of amides is 1. The maximum Gasteiger partial charge on any atom is 0.417 e. The van der Waals surface area contributed by atoms with E-state index in [1.54, 1.807) is 0 Å². The Kier molecular flexibility index (Phi) is 4.32. The lowest BCUT2D eigenvalue weighted by molar-refractivity contribution is -0.136. The van der Waals surface area contributed by atoms with E-state index in [0.29, 0.717) is 6.54 Å². The third-order valence-electron chi connectivity index (χ3n) is 3.01. The van der Waals surface area contributed by atoms with Gasteiger partial charge in [0.1, 0.15) is 9.71 Å². The molecule has 0 unspecified atom stereocenters. The number of rotatable bonds is 3. The van der Waals surface area contributed by atoms with Gasteiger partial charge in [-0.25, -0.2) is 4.98 Å². The van der Waals surface area contributed by atoms with E-state index in [-0.39, 0.29) is 32.4 Å². The highest BCUT2D eigenvalue weighted by Crippen LogP contribution is 2.42. The van der Waals surface area contributed by atoms with Crippen molar-refractivity contribution < 1.29 is 18.0 Å². The van der Waals surface area contributed by atoms with Crippen LogP contribution in [0.25, 0.3) is 10.2 Å². The molecule has 0 atom stereocenters. The van der Waals surface area contributed by atoms with Crippen LogP contribution in [0.2, 0.25) is 0 Å². The number of pyridine rings is 1. The molecule has 0 radical (unpaired) electrons. The Labute approximate surface area is 129 Å². The van der Waals surface area contributed by atoms with Gasteiger partial charge in [-0.3, -0.25) is 4.79 Å². The molecule has 1 amide bonds. The number of hydrogen-bond donors (Lipinski definition) is 2. The summed E-state index contributed by atoms with van der Waals surface area (Å²) in [4.78, 5) is 16.4. The Hall–Kier alpha value is -1.83. The number of hydrogen-bond acceptors (Lipinski definition) is 4. The average molecular weight is 331 g/mol. The molecule has 2 aromatic heterocycles. The number of nitrogens with one attached hydrogen (secondary N) is 1. The minimum absolute atomic E-state index is 0.0688. The van der Waals surface area contributed by atoms with Crippen LogP contribution in [0.1, 0.15) is 34.8 Å². The molecule has 0 aliphatic rings. The highest BCUT2D eigenvalue weighted by Gasteiger charge is 2.35. The van der Waals surface area contributed by atoms with E-state index < -0.39 is 17.6 Å². The van der Waals surface area contributed by atoms with Crippen molar-refractivity contribution in [2.45, 2.75) is 26.9 Å². The molecule has 0 aromatic carbocycles. The molecular weight excluding hydrogens is 315 g/mol. The Balaban J connectivity index is 2.56. The number of anilines is 1. The maximum atomic E-state index is 13.2. The summed E-state index contributed by atoms with van der Waals surface area (Å²) in [5.74, 6) is -0.245. The number of nitrogens with zero attached hydrogens (tertiary/aromatic N) is 1. The summed E-state index contributed by atoms with van der Waals surface area (Å²) < 4.78 is 39.5. The lowest BCUT2D eigenvalue weighted by Crippen LogP contribution is -2.27. The van der Waals surface area contributed by atoms with Gasteiger partial charge in [0, 0.05) is 17.6 Å². The van der Waals surface area contributed by atoms with Gasteiger partial charge in [0.2, 0.25) is 0 Å². The van der Waals surface area contributed by atoms with Gasteiger partial charge < -0.3 is 11.1 Å². The molecule has 4 nitrogen and oxygen atoms in total. The van der Waals surface area contributed by atoms with E-state index >= 15 is 0 Å². The van der Waals surface area contributed by atoms with E-state index in [0.717, 1.165) is 17.4 Å². The third kappa shape index (κ3) is 3.16. The molecule has 0 saturated heterocycles. The van der Waals surface area contributed by atoms with Crippen LogP contribution in [-0.4, -0.2) is 17.4 Å². The summed E-state index contributed by atoms with van der Waals surface area (Å²) in [7, 11) is 0. The first-order valence-electron chi connectivity index (χ1n) is 6.66. The first-order valence-corrected chi connectivity index (χ1v) is 7.48. The van der Waals surface area contributed by atoms with Gasteiger partial charge in [0.05, 0.1) is 11.3 Å². The quantitative estimate of drug-likeness (QED) is 0.903. The lowest BCUT2D eigenvalue weighted by atomic mass is 10.1. The van der Waals surface area contributed by atoms with Crippen LogP contribution in [0.5, 0.6) is 0 Å². The smallest absolute Gasteiger partial charge is 0.397 e. The molecular formula is C14H16F3N3OS. The zero-order valence-corrected chi connectivity index (χ0v) is 13.2. The zero-order chi connectivity index (χ0) is 16.7. The van der Waals surface area contributed by atoms with Crippen molar-refractivity contribution in [2.75, 3.05) is 12.3 Å². The molecule has 0 aliphatic heterocycles. The molecule has 0 spiro atoms. The Bertz CT molecular complexity index is 722. The normalized spacial score (nSPS) is 12.1. The fraction of sp³-hybridized carbons (Fsp3) is 0.429. The van der Waals surface area contributed by atoms with E-state index in [2.05, 4.69) is 10.3 Å². The van der Waals surface area contributed by atoms with Crippen LogP contribution >= 0.6 is 11.3 Å². The number of carbonyl (C=O) groups is 1. The minimum Gasteiger partial charge on any atom is -0.397 e. The Morgan fingerprint density at radius 3 is 2.64 bits per heavy atom. The zero-order valence-electron chi connectivity index (χ0n) is 12.3. The molecule has 2 rings (SSSR count). The summed E-state index contributed by atoms with van der Waals surface area (Å²) in [6.07, 6.45) is -4.55. The third-order valence-corrected chi connectivity index (χ3v) is 4.11. The Morgan fingerprint density at radius 2 is 2.09 bits per heavy atom. The first-order chi connectivity index (χ1) is 10.1. The number of nitrogens with two attached hydrogens (primary N) is 1. The molecule has 2 aromatic rings. The van der Waals surface area contributed by atoms with Crippen molar-refractivity contribution in [3.8, 4) is 0 Å². The number of fused-ring (bicyclic) bond motifs is 1. The van der Waals surface area contributed by atoms with Crippen molar-refractivity contribution in [1.82, 2.24) is 10.3 Å². The number of alkyl halides is 3. The summed E-state index contributed by atoms with van der Waals surface area (Å²) in [5.41, 5.74) is 5.01. The molecule has 8 heteroatoms. The Morgan fingerprint density at radius 1 is 1.45 bits per heavy atom. The molecule has 0 aliphatic carbocycles. The molecule has 22 heavy (non-hydrogen) atoms. The largest absolute Gasteiger partial charge is 0.417 e. The van der Waals surface area contributed by atoms with Crippen LogP contribution in [0.3, 0.4) is 0 Å². The van der Waals surface area contributed by atoms with Crippen molar-refractivity contribution in [1.29, 1.82) is 0 Å². The van der Waals surface area contributed by atoms with E-state index in [4.69, 9.17) is 5.73 Å². The minimum atomic E-state index is -4.55. The van der Waals surface area contributed by atoms with Crippen LogP contribution in [-0.2, 0) is 6.18 Å². The first kappa shape index (κ1) is 16.5. The van der Waals surface area contributed by atoms with Gasteiger partial charge in [-0.2, -0.15) is 13.2 Å². The van der Waals surface area contributed by atoms with Crippen molar-refractivity contribution in [3.63, 3.8) is 0 Å². The fourth-order valence-electron chi connectivity index (χ4n) is 2.01. The van der Waals surface area contributed by atoms with E-state index in [1.807, 2.05) is 13.8 Å². The summed E-state index contributed by atoms with van der Waals surface area (Å²) in [5, 5.41) is 2.46. The fourth-order valence-corrected chi connectivity index (χ4v) is 3.10. The number of carbonyl (C=O) groups excluding carboxylic acids is 1. The summed E-state index contributed by atoms with van der Waals surface area (Å²) in [6.45, 7) is 5.73. The van der Waals surface area contributed by atoms with E-state index in [1.165, 1.54) is 6.92 Å². The predicted molar refractivity (Wildman–Crippen MR) is 80.9 cm³/mol. The van der Waals surface area contributed by atoms with Gasteiger partial charge >= 0.3 is 6.18 Å². The maximum absolute atomic E-state index is 13.2. The lowest BCUT2D eigenvalue weighted by Gasteiger charge is -2.10. The molecule has 3 N–H and O–H groups in total. The van der Waals surface area contributed by atoms with Gasteiger partial charge in [0.15, 0.2) is 0 Å². The van der Waals surface area contributed by atoms with Gasteiger partial charge in [0.25, 0.3) is 5.91 Å². The number of nitrogen functional groups attached to an aromatic ring is 1.